The molecule has 1 N–H and O–H groups in total. The highest BCUT2D eigenvalue weighted by molar-refractivity contribution is 9.10. The summed E-state index contributed by atoms with van der Waals surface area (Å²) in [5, 5.41) is 8.94. The zero-order valence-electron chi connectivity index (χ0n) is 10.5. The molecule has 5 nitrogen and oxygen atoms in total. The van der Waals surface area contributed by atoms with Gasteiger partial charge in [-0.1, -0.05) is 0 Å². The highest BCUT2D eigenvalue weighted by Gasteiger charge is 2.25. The van der Waals surface area contributed by atoms with Crippen molar-refractivity contribution < 1.29 is 9.90 Å². The van der Waals surface area contributed by atoms with Crippen molar-refractivity contribution in [3.63, 3.8) is 0 Å². The lowest BCUT2D eigenvalue weighted by Crippen LogP contribution is -2.38. The third kappa shape index (κ3) is 2.35. The van der Waals surface area contributed by atoms with Gasteiger partial charge in [0.1, 0.15) is 12.4 Å². The van der Waals surface area contributed by atoms with Crippen LogP contribution in [0.5, 0.6) is 0 Å². The van der Waals surface area contributed by atoms with Crippen LogP contribution in [0.4, 0.5) is 5.82 Å². The Balaban J connectivity index is 2.40. The second kappa shape index (κ2) is 5.24. The first kappa shape index (κ1) is 13.3. The SMILES string of the molecule is CN(C)c1ncc(Br)c2c1CN(C(=O)CO)CC2. The molecule has 1 aliphatic rings. The Kier molecular flexibility index (Phi) is 3.87. The van der Waals surface area contributed by atoms with Gasteiger partial charge in [-0.25, -0.2) is 4.98 Å². The molecule has 2 heterocycles. The van der Waals surface area contributed by atoms with Crippen LogP contribution in [-0.4, -0.2) is 48.1 Å². The molecule has 1 amide bonds. The topological polar surface area (TPSA) is 56.7 Å². The summed E-state index contributed by atoms with van der Waals surface area (Å²) in [6.07, 6.45) is 2.59. The molecule has 0 aromatic carbocycles. The first-order valence-electron chi connectivity index (χ1n) is 5.76. The zero-order valence-corrected chi connectivity index (χ0v) is 12.1. The Morgan fingerprint density at radius 1 is 1.56 bits per heavy atom. The lowest BCUT2D eigenvalue weighted by Gasteiger charge is -2.31. The van der Waals surface area contributed by atoms with Crippen molar-refractivity contribution in [3.05, 3.63) is 21.8 Å². The van der Waals surface area contributed by atoms with Gasteiger partial charge in [0, 0.05) is 43.4 Å². The lowest BCUT2D eigenvalue weighted by molar-refractivity contribution is -0.135. The van der Waals surface area contributed by atoms with E-state index < -0.39 is 6.61 Å². The van der Waals surface area contributed by atoms with E-state index in [1.54, 1.807) is 11.1 Å². The van der Waals surface area contributed by atoms with E-state index >= 15 is 0 Å². The minimum atomic E-state index is -0.436. The Bertz CT molecular complexity index is 477. The average molecular weight is 314 g/mol. The van der Waals surface area contributed by atoms with E-state index in [9.17, 15) is 4.79 Å². The van der Waals surface area contributed by atoms with Crippen LogP contribution < -0.4 is 4.90 Å². The van der Waals surface area contributed by atoms with Crippen LogP contribution in [-0.2, 0) is 17.8 Å². The van der Waals surface area contributed by atoms with Crippen LogP contribution in [0.25, 0.3) is 0 Å². The molecule has 98 valence electrons. The van der Waals surface area contributed by atoms with Gasteiger partial charge in [-0.3, -0.25) is 4.79 Å². The largest absolute Gasteiger partial charge is 0.387 e. The number of amides is 1. The smallest absolute Gasteiger partial charge is 0.248 e. The van der Waals surface area contributed by atoms with Gasteiger partial charge in [-0.05, 0) is 27.9 Å². The summed E-state index contributed by atoms with van der Waals surface area (Å²) in [5.74, 6) is 0.647. The van der Waals surface area contributed by atoms with Crippen molar-refractivity contribution in [2.24, 2.45) is 0 Å². The molecular weight excluding hydrogens is 298 g/mol. The van der Waals surface area contributed by atoms with Gasteiger partial charge in [0.15, 0.2) is 0 Å². The molecule has 1 aromatic heterocycles. The van der Waals surface area contributed by atoms with E-state index in [4.69, 9.17) is 5.11 Å². The van der Waals surface area contributed by atoms with Crippen LogP contribution in [0.2, 0.25) is 0 Å². The quantitative estimate of drug-likeness (QED) is 0.877. The van der Waals surface area contributed by atoms with Gasteiger partial charge in [-0.15, -0.1) is 0 Å². The Morgan fingerprint density at radius 3 is 2.89 bits per heavy atom. The number of rotatable bonds is 2. The van der Waals surface area contributed by atoms with Crippen molar-refractivity contribution in [3.8, 4) is 0 Å². The number of pyridine rings is 1. The molecule has 0 fully saturated rings. The monoisotopic (exact) mass is 313 g/mol. The Hall–Kier alpha value is -1.14. The molecule has 0 bridgehead atoms. The van der Waals surface area contributed by atoms with Crippen molar-refractivity contribution in [1.82, 2.24) is 9.88 Å². The summed E-state index contributed by atoms with van der Waals surface area (Å²) in [6, 6.07) is 0. The van der Waals surface area contributed by atoms with Crippen LogP contribution in [0.15, 0.2) is 10.7 Å². The third-order valence-electron chi connectivity index (χ3n) is 3.11. The van der Waals surface area contributed by atoms with Crippen molar-refractivity contribution in [1.29, 1.82) is 0 Å². The predicted molar refractivity (Wildman–Crippen MR) is 72.5 cm³/mol. The minimum Gasteiger partial charge on any atom is -0.387 e. The number of carbonyl (C=O) groups excluding carboxylic acids is 1. The number of anilines is 1. The molecule has 0 radical (unpaired) electrons. The predicted octanol–water partition coefficient (Wildman–Crippen LogP) is 0.787. The number of hydrogen-bond acceptors (Lipinski definition) is 4. The van der Waals surface area contributed by atoms with Crippen LogP contribution >= 0.6 is 15.9 Å². The maximum atomic E-state index is 11.6. The summed E-state index contributed by atoms with van der Waals surface area (Å²) in [5.41, 5.74) is 2.26. The molecule has 0 saturated carbocycles. The summed E-state index contributed by atoms with van der Waals surface area (Å²) in [6.45, 7) is 0.713. The fourth-order valence-electron chi connectivity index (χ4n) is 2.20. The Labute approximate surface area is 115 Å². The highest BCUT2D eigenvalue weighted by Crippen LogP contribution is 2.31. The highest BCUT2D eigenvalue weighted by atomic mass is 79.9. The number of fused-ring (bicyclic) bond motifs is 1. The molecule has 18 heavy (non-hydrogen) atoms. The Morgan fingerprint density at radius 2 is 2.28 bits per heavy atom. The molecular formula is C12H16BrN3O2. The summed E-state index contributed by atoms with van der Waals surface area (Å²) < 4.78 is 0.985. The molecule has 1 aliphatic heterocycles. The molecule has 0 unspecified atom stereocenters. The maximum absolute atomic E-state index is 11.6. The van der Waals surface area contributed by atoms with Crippen LogP contribution in [0.3, 0.4) is 0 Å². The van der Waals surface area contributed by atoms with E-state index in [0.29, 0.717) is 13.1 Å². The van der Waals surface area contributed by atoms with Crippen molar-refractivity contribution >= 4 is 27.7 Å². The zero-order chi connectivity index (χ0) is 13.3. The fourth-order valence-corrected chi connectivity index (χ4v) is 2.74. The maximum Gasteiger partial charge on any atom is 0.248 e. The van der Waals surface area contributed by atoms with E-state index in [0.717, 1.165) is 22.3 Å². The number of aliphatic hydroxyl groups is 1. The van der Waals surface area contributed by atoms with E-state index in [1.165, 1.54) is 5.56 Å². The number of carbonyl (C=O) groups is 1. The first-order chi connectivity index (χ1) is 8.54. The summed E-state index contributed by atoms with van der Waals surface area (Å²) in [7, 11) is 3.87. The van der Waals surface area contributed by atoms with Gasteiger partial charge >= 0.3 is 0 Å². The molecule has 0 saturated heterocycles. The van der Waals surface area contributed by atoms with Gasteiger partial charge in [0.2, 0.25) is 5.91 Å². The molecule has 2 rings (SSSR count). The normalized spacial score (nSPS) is 14.3. The summed E-state index contributed by atoms with van der Waals surface area (Å²) >= 11 is 3.51. The molecule has 0 aliphatic carbocycles. The molecule has 0 atom stereocenters. The molecule has 0 spiro atoms. The molecule has 1 aromatic rings. The summed E-state index contributed by atoms with van der Waals surface area (Å²) in [4.78, 5) is 19.6. The van der Waals surface area contributed by atoms with Gasteiger partial charge < -0.3 is 14.9 Å². The first-order valence-corrected chi connectivity index (χ1v) is 6.56. The minimum absolute atomic E-state index is 0.231. The van der Waals surface area contributed by atoms with Gasteiger partial charge in [0.05, 0.1) is 0 Å². The number of halogens is 1. The number of nitrogens with zero attached hydrogens (tertiary/aromatic N) is 3. The molecule has 6 heteroatoms. The lowest BCUT2D eigenvalue weighted by atomic mass is 10.0. The van der Waals surface area contributed by atoms with Crippen LogP contribution in [0, 0.1) is 0 Å². The van der Waals surface area contributed by atoms with Crippen molar-refractivity contribution in [2.75, 3.05) is 32.1 Å². The number of aromatic nitrogens is 1. The standard InChI is InChI=1S/C12H16BrN3O2/c1-15(2)12-9-6-16(11(18)7-17)4-3-8(9)10(13)5-14-12/h5,17H,3-4,6-7H2,1-2H3. The second-order valence-electron chi connectivity index (χ2n) is 4.50. The van der Waals surface area contributed by atoms with Gasteiger partial charge in [-0.2, -0.15) is 0 Å². The fraction of sp³-hybridized carbons (Fsp3) is 0.500. The van der Waals surface area contributed by atoms with E-state index in [1.807, 2.05) is 19.0 Å². The van der Waals surface area contributed by atoms with Crippen molar-refractivity contribution in [2.45, 2.75) is 13.0 Å². The average Bonchev–Trinajstić information content (AvgIpc) is 2.37. The second-order valence-corrected chi connectivity index (χ2v) is 5.36. The van der Waals surface area contributed by atoms with Crippen LogP contribution in [0.1, 0.15) is 11.1 Å². The van der Waals surface area contributed by atoms with E-state index in [2.05, 4.69) is 20.9 Å². The third-order valence-corrected chi connectivity index (χ3v) is 3.80. The van der Waals surface area contributed by atoms with Gasteiger partial charge in [0.25, 0.3) is 0 Å². The van der Waals surface area contributed by atoms with E-state index in [-0.39, 0.29) is 5.91 Å². The number of aliphatic hydroxyl groups excluding tert-OH is 1. The number of hydrogen-bond donors (Lipinski definition) is 1.